The molecule has 0 unspecified atom stereocenters. The Labute approximate surface area is 122 Å². The number of aromatic nitrogens is 6. The van der Waals surface area contributed by atoms with Gasteiger partial charge in [0, 0.05) is 37.1 Å². The van der Waals surface area contributed by atoms with Crippen molar-refractivity contribution in [3.63, 3.8) is 0 Å². The normalized spacial score (nSPS) is 10.5. The van der Waals surface area contributed by atoms with Gasteiger partial charge in [-0.1, -0.05) is 0 Å². The van der Waals surface area contributed by atoms with E-state index in [-0.39, 0.29) is 0 Å². The maximum Gasteiger partial charge on any atom is 0.115 e. The third-order valence-corrected chi connectivity index (χ3v) is 2.98. The van der Waals surface area contributed by atoms with E-state index in [4.69, 9.17) is 0 Å². The summed E-state index contributed by atoms with van der Waals surface area (Å²) in [6.07, 6.45) is 9.80. The van der Waals surface area contributed by atoms with Crippen molar-refractivity contribution in [2.24, 2.45) is 0 Å². The lowest BCUT2D eigenvalue weighted by Gasteiger charge is -2.04. The van der Waals surface area contributed by atoms with Crippen molar-refractivity contribution >= 4 is 0 Å². The van der Waals surface area contributed by atoms with Gasteiger partial charge < -0.3 is 0 Å². The van der Waals surface area contributed by atoms with Crippen LogP contribution < -0.4 is 0 Å². The molecule has 0 amide bonds. The Morgan fingerprint density at radius 2 is 1.71 bits per heavy atom. The van der Waals surface area contributed by atoms with Crippen LogP contribution in [0, 0.1) is 6.92 Å². The Kier molecular flexibility index (Phi) is 3.86. The molecule has 0 saturated carbocycles. The summed E-state index contributed by atoms with van der Waals surface area (Å²) >= 11 is 0. The molecule has 3 heterocycles. The first-order valence-electron chi connectivity index (χ1n) is 6.62. The van der Waals surface area contributed by atoms with E-state index in [1.54, 1.807) is 31.1 Å². The van der Waals surface area contributed by atoms with Crippen molar-refractivity contribution in [3.05, 3.63) is 71.6 Å². The van der Waals surface area contributed by atoms with E-state index in [1.807, 2.05) is 19.1 Å². The zero-order chi connectivity index (χ0) is 14.5. The molecule has 3 aromatic rings. The summed E-state index contributed by atoms with van der Waals surface area (Å²) in [6.45, 7) is 1.93. The molecule has 0 spiro atoms. The van der Waals surface area contributed by atoms with Gasteiger partial charge in [-0.05, 0) is 24.6 Å². The van der Waals surface area contributed by atoms with Gasteiger partial charge in [-0.15, -0.1) is 0 Å². The fourth-order valence-corrected chi connectivity index (χ4v) is 2.08. The first-order chi connectivity index (χ1) is 10.3. The monoisotopic (exact) mass is 278 g/mol. The molecular formula is C15H14N6. The molecule has 0 atom stereocenters. The molecule has 104 valence electrons. The lowest BCUT2D eigenvalue weighted by molar-refractivity contribution is 0.915. The summed E-state index contributed by atoms with van der Waals surface area (Å²) in [5.74, 6) is 0. The first kappa shape index (κ1) is 13.2. The van der Waals surface area contributed by atoms with Crippen LogP contribution >= 0.6 is 0 Å². The molecule has 3 rings (SSSR count). The highest BCUT2D eigenvalue weighted by atomic mass is 15.1. The lowest BCUT2D eigenvalue weighted by atomic mass is 10.1. The summed E-state index contributed by atoms with van der Waals surface area (Å²) in [6, 6.07) is 4.00. The van der Waals surface area contributed by atoms with Gasteiger partial charge in [0.2, 0.25) is 0 Å². The van der Waals surface area contributed by atoms with Gasteiger partial charge in [-0.2, -0.15) is 10.2 Å². The van der Waals surface area contributed by atoms with E-state index in [0.29, 0.717) is 12.8 Å². The first-order valence-corrected chi connectivity index (χ1v) is 6.62. The Morgan fingerprint density at radius 3 is 2.48 bits per heavy atom. The van der Waals surface area contributed by atoms with Crippen LogP contribution in [-0.2, 0) is 12.8 Å². The average Bonchev–Trinajstić information content (AvgIpc) is 2.49. The van der Waals surface area contributed by atoms with Crippen molar-refractivity contribution < 1.29 is 0 Å². The lowest BCUT2D eigenvalue weighted by Crippen LogP contribution is -2.00. The fourth-order valence-electron chi connectivity index (χ4n) is 2.08. The van der Waals surface area contributed by atoms with E-state index >= 15 is 0 Å². The van der Waals surface area contributed by atoms with E-state index in [1.165, 1.54) is 0 Å². The Hall–Kier alpha value is -2.76. The van der Waals surface area contributed by atoms with E-state index in [2.05, 4.69) is 30.1 Å². The molecule has 0 bridgehead atoms. The second kappa shape index (κ2) is 6.13. The van der Waals surface area contributed by atoms with Crippen LogP contribution in [0.15, 0.2) is 43.2 Å². The van der Waals surface area contributed by atoms with Crippen LogP contribution in [0.1, 0.15) is 28.3 Å². The highest BCUT2D eigenvalue weighted by molar-refractivity contribution is 5.22. The predicted octanol–water partition coefficient (Wildman–Crippen LogP) is 1.55. The molecule has 6 nitrogen and oxygen atoms in total. The van der Waals surface area contributed by atoms with Crippen LogP contribution in [0.4, 0.5) is 0 Å². The summed E-state index contributed by atoms with van der Waals surface area (Å²) < 4.78 is 0. The van der Waals surface area contributed by atoms with Gasteiger partial charge in [0.15, 0.2) is 0 Å². The molecule has 0 radical (unpaired) electrons. The molecule has 0 N–H and O–H groups in total. The van der Waals surface area contributed by atoms with Crippen LogP contribution in [0.5, 0.6) is 0 Å². The van der Waals surface area contributed by atoms with Crippen LogP contribution in [0.25, 0.3) is 0 Å². The SMILES string of the molecule is Cc1cc(Cc2cc(Cc3cnccn3)ncn2)cnn1. The standard InChI is InChI=1S/C15H14N6/c1-11-4-12(8-20-21-11)5-13-6-14(19-10-18-13)7-15-9-16-2-3-17-15/h2-4,6,8-10H,5,7H2,1H3. The van der Waals surface area contributed by atoms with Crippen molar-refractivity contribution in [1.82, 2.24) is 30.1 Å². The number of hydrogen-bond acceptors (Lipinski definition) is 6. The quantitative estimate of drug-likeness (QED) is 0.720. The highest BCUT2D eigenvalue weighted by Crippen LogP contribution is 2.09. The molecular weight excluding hydrogens is 264 g/mol. The fraction of sp³-hybridized carbons (Fsp3) is 0.200. The predicted molar refractivity (Wildman–Crippen MR) is 76.4 cm³/mol. The largest absolute Gasteiger partial charge is 0.261 e. The molecule has 3 aromatic heterocycles. The number of hydrogen-bond donors (Lipinski definition) is 0. The van der Waals surface area contributed by atoms with Gasteiger partial charge >= 0.3 is 0 Å². The summed E-state index contributed by atoms with van der Waals surface area (Å²) in [7, 11) is 0. The van der Waals surface area contributed by atoms with Gasteiger partial charge in [-0.3, -0.25) is 9.97 Å². The van der Waals surface area contributed by atoms with Crippen molar-refractivity contribution in [2.45, 2.75) is 19.8 Å². The van der Waals surface area contributed by atoms with Gasteiger partial charge in [0.1, 0.15) is 6.33 Å². The number of rotatable bonds is 4. The van der Waals surface area contributed by atoms with Crippen molar-refractivity contribution in [2.75, 3.05) is 0 Å². The van der Waals surface area contributed by atoms with E-state index < -0.39 is 0 Å². The Bertz CT molecular complexity index is 729. The smallest absolute Gasteiger partial charge is 0.115 e. The van der Waals surface area contributed by atoms with Gasteiger partial charge in [-0.25, -0.2) is 9.97 Å². The van der Waals surface area contributed by atoms with Crippen molar-refractivity contribution in [3.8, 4) is 0 Å². The Morgan fingerprint density at radius 1 is 0.857 bits per heavy atom. The molecule has 0 fully saturated rings. The summed E-state index contributed by atoms with van der Waals surface area (Å²) in [5, 5.41) is 7.92. The zero-order valence-corrected chi connectivity index (χ0v) is 11.6. The minimum atomic E-state index is 0.650. The van der Waals surface area contributed by atoms with Crippen LogP contribution in [-0.4, -0.2) is 30.1 Å². The van der Waals surface area contributed by atoms with Gasteiger partial charge in [0.05, 0.1) is 23.3 Å². The molecule has 0 aliphatic carbocycles. The summed E-state index contributed by atoms with van der Waals surface area (Å²) in [5.41, 5.74) is 4.77. The highest BCUT2D eigenvalue weighted by Gasteiger charge is 2.04. The molecule has 0 aliphatic heterocycles. The molecule has 0 saturated heterocycles. The van der Waals surface area contributed by atoms with Crippen molar-refractivity contribution in [1.29, 1.82) is 0 Å². The Balaban J connectivity index is 1.77. The minimum Gasteiger partial charge on any atom is -0.261 e. The third kappa shape index (κ3) is 3.62. The maximum atomic E-state index is 4.31. The molecule has 0 aromatic carbocycles. The van der Waals surface area contributed by atoms with Crippen LogP contribution in [0.3, 0.4) is 0 Å². The summed E-state index contributed by atoms with van der Waals surface area (Å²) in [4.78, 5) is 16.9. The molecule has 6 heteroatoms. The number of nitrogens with zero attached hydrogens (tertiary/aromatic N) is 6. The maximum absolute atomic E-state index is 4.31. The zero-order valence-electron chi connectivity index (χ0n) is 11.6. The second-order valence-corrected chi connectivity index (χ2v) is 4.76. The average molecular weight is 278 g/mol. The minimum absolute atomic E-state index is 0.650. The van der Waals surface area contributed by atoms with Gasteiger partial charge in [0.25, 0.3) is 0 Å². The van der Waals surface area contributed by atoms with Crippen LogP contribution in [0.2, 0.25) is 0 Å². The van der Waals surface area contributed by atoms with E-state index in [9.17, 15) is 0 Å². The topological polar surface area (TPSA) is 77.3 Å². The number of aryl methyl sites for hydroxylation is 1. The second-order valence-electron chi connectivity index (χ2n) is 4.76. The molecule has 0 aliphatic rings. The molecule has 21 heavy (non-hydrogen) atoms. The third-order valence-electron chi connectivity index (χ3n) is 2.98. The van der Waals surface area contributed by atoms with E-state index in [0.717, 1.165) is 28.3 Å².